The molecule has 1 aromatic carbocycles. The lowest BCUT2D eigenvalue weighted by Crippen LogP contribution is -2.32. The van der Waals surface area contributed by atoms with Crippen LogP contribution in [0.2, 0.25) is 0 Å². The number of hydrogen-bond donors (Lipinski definition) is 1. The van der Waals surface area contributed by atoms with Crippen molar-refractivity contribution < 1.29 is 18.9 Å². The predicted octanol–water partition coefficient (Wildman–Crippen LogP) is 3.16. The van der Waals surface area contributed by atoms with Crippen LogP contribution >= 0.6 is 0 Å². The van der Waals surface area contributed by atoms with Crippen molar-refractivity contribution in [1.29, 1.82) is 5.26 Å². The van der Waals surface area contributed by atoms with Crippen molar-refractivity contribution in [2.75, 3.05) is 19.7 Å². The minimum Gasteiger partial charge on any atom is -0.493 e. The van der Waals surface area contributed by atoms with Crippen molar-refractivity contribution in [1.82, 2.24) is 14.5 Å². The number of aryl methyl sites for hydroxylation is 1. The maximum absolute atomic E-state index is 8.97. The van der Waals surface area contributed by atoms with E-state index in [4.69, 9.17) is 19.6 Å². The predicted molar refractivity (Wildman–Crippen MR) is 115 cm³/mol. The van der Waals surface area contributed by atoms with Crippen molar-refractivity contribution >= 4 is 17.0 Å². The number of methoxy groups -OCH3 is 2. The first-order valence-corrected chi connectivity index (χ1v) is 9.89. The zero-order chi connectivity index (χ0) is 22.2. The van der Waals surface area contributed by atoms with Gasteiger partial charge in [0.2, 0.25) is 5.52 Å². The zero-order valence-corrected chi connectivity index (χ0v) is 18.3. The number of benzene rings is 1. The molecule has 0 unspecified atom stereocenters. The number of aromatic nitrogens is 4. The Kier molecular flexibility index (Phi) is 7.40. The first-order valence-electron chi connectivity index (χ1n) is 9.89. The van der Waals surface area contributed by atoms with E-state index in [2.05, 4.69) is 41.4 Å². The Hall–Kier alpha value is -3.64. The highest BCUT2D eigenvalue weighted by atomic mass is 16.6. The van der Waals surface area contributed by atoms with Crippen LogP contribution in [0.1, 0.15) is 25.8 Å². The molecule has 0 radical (unpaired) electrons. The molecule has 0 saturated heterocycles. The van der Waals surface area contributed by atoms with Gasteiger partial charge in [0, 0.05) is 0 Å². The molecular weight excluding hydrogens is 396 g/mol. The largest absolute Gasteiger partial charge is 0.493 e. The average Bonchev–Trinajstić information content (AvgIpc) is 3.14. The van der Waals surface area contributed by atoms with Crippen molar-refractivity contribution in [3.63, 3.8) is 0 Å². The molecule has 2 aromatic heterocycles. The van der Waals surface area contributed by atoms with Gasteiger partial charge >= 0.3 is 5.65 Å². The number of allylic oxidation sites excluding steroid dienone is 2. The molecular formula is C22H27N6O3+. The molecule has 0 bridgehead atoms. The Morgan fingerprint density at radius 2 is 2.03 bits per heavy atom. The minimum absolute atomic E-state index is 0.301. The summed E-state index contributed by atoms with van der Waals surface area (Å²) in [6.07, 6.45) is 5.96. The smallest absolute Gasteiger partial charge is 0.307 e. The summed E-state index contributed by atoms with van der Waals surface area (Å²) >= 11 is 0. The Morgan fingerprint density at radius 1 is 1.23 bits per heavy atom. The van der Waals surface area contributed by atoms with E-state index in [1.165, 1.54) is 11.9 Å². The van der Waals surface area contributed by atoms with Crippen LogP contribution in [-0.4, -0.2) is 28.8 Å². The first kappa shape index (κ1) is 22.1. The fraction of sp³-hybridized carbons (Fsp3) is 0.364. The van der Waals surface area contributed by atoms with Crippen LogP contribution in [0.5, 0.6) is 11.5 Å². The molecule has 31 heavy (non-hydrogen) atoms. The monoisotopic (exact) mass is 423 g/mol. The summed E-state index contributed by atoms with van der Waals surface area (Å²) in [5, 5.41) is 8.97. The van der Waals surface area contributed by atoms with Crippen LogP contribution in [0.25, 0.3) is 11.2 Å². The van der Waals surface area contributed by atoms with Crippen LogP contribution in [0, 0.1) is 11.3 Å². The van der Waals surface area contributed by atoms with Crippen LogP contribution in [0.15, 0.2) is 42.5 Å². The van der Waals surface area contributed by atoms with Gasteiger partial charge in [-0.1, -0.05) is 22.7 Å². The van der Waals surface area contributed by atoms with E-state index >= 15 is 0 Å². The third-order valence-electron chi connectivity index (χ3n) is 4.66. The molecule has 0 saturated carbocycles. The number of nitrogens with zero attached hydrogens (tertiary/aromatic N) is 5. The van der Waals surface area contributed by atoms with Crippen LogP contribution in [-0.2, 0) is 24.5 Å². The Morgan fingerprint density at radius 3 is 2.74 bits per heavy atom. The van der Waals surface area contributed by atoms with E-state index in [0.717, 1.165) is 16.7 Å². The van der Waals surface area contributed by atoms with Crippen LogP contribution in [0.3, 0.4) is 0 Å². The number of anilines is 1. The zero-order valence-electron chi connectivity index (χ0n) is 18.3. The van der Waals surface area contributed by atoms with E-state index in [1.54, 1.807) is 14.2 Å². The highest BCUT2D eigenvalue weighted by Gasteiger charge is 2.21. The third-order valence-corrected chi connectivity index (χ3v) is 4.66. The van der Waals surface area contributed by atoms with Gasteiger partial charge in [-0.25, -0.2) is 10.0 Å². The van der Waals surface area contributed by atoms with Gasteiger partial charge in [0.25, 0.3) is 0 Å². The molecule has 0 atom stereocenters. The fourth-order valence-corrected chi connectivity index (χ4v) is 3.11. The maximum atomic E-state index is 8.97. The molecule has 0 aliphatic carbocycles. The van der Waals surface area contributed by atoms with E-state index in [-0.39, 0.29) is 0 Å². The highest BCUT2D eigenvalue weighted by Crippen LogP contribution is 2.28. The second kappa shape index (κ2) is 10.4. The van der Waals surface area contributed by atoms with E-state index in [1.807, 2.05) is 33.7 Å². The molecule has 162 valence electrons. The lowest BCUT2D eigenvalue weighted by atomic mass is 10.2. The quantitative estimate of drug-likeness (QED) is 0.304. The van der Waals surface area contributed by atoms with Gasteiger partial charge in [-0.15, -0.1) is 0 Å². The normalized spacial score (nSPS) is 10.5. The van der Waals surface area contributed by atoms with Gasteiger partial charge in [-0.05, 0) is 31.5 Å². The Labute approximate surface area is 181 Å². The molecule has 2 heterocycles. The Balaban J connectivity index is 1.83. The molecule has 3 aromatic rings. The van der Waals surface area contributed by atoms with Gasteiger partial charge in [0.1, 0.15) is 0 Å². The van der Waals surface area contributed by atoms with E-state index in [9.17, 15) is 0 Å². The second-order valence-corrected chi connectivity index (χ2v) is 7.13. The number of hydrogen-bond acceptors (Lipinski definition) is 7. The number of nitrogens with one attached hydrogen (secondary N) is 1. The molecule has 0 aliphatic heterocycles. The van der Waals surface area contributed by atoms with Gasteiger partial charge < -0.3 is 9.47 Å². The summed E-state index contributed by atoms with van der Waals surface area (Å²) in [7, 11) is 3.20. The lowest BCUT2D eigenvalue weighted by Gasteiger charge is -2.10. The van der Waals surface area contributed by atoms with Crippen molar-refractivity contribution in [2.24, 2.45) is 0 Å². The number of ether oxygens (including phenoxy) is 2. The molecule has 9 nitrogen and oxygen atoms in total. The maximum Gasteiger partial charge on any atom is 0.307 e. The molecule has 0 spiro atoms. The summed E-state index contributed by atoms with van der Waals surface area (Å²) < 4.78 is 14.6. The summed E-state index contributed by atoms with van der Waals surface area (Å²) in [6.45, 7) is 5.62. The van der Waals surface area contributed by atoms with Gasteiger partial charge in [-0.2, -0.15) is 10.2 Å². The average molecular weight is 423 g/mol. The summed E-state index contributed by atoms with van der Waals surface area (Å²) in [4.78, 5) is 14.5. The third kappa shape index (κ3) is 5.29. The fourth-order valence-electron chi connectivity index (χ4n) is 3.11. The molecule has 0 aliphatic rings. The number of nitriles is 1. The van der Waals surface area contributed by atoms with Crippen LogP contribution in [0.4, 0.5) is 5.82 Å². The van der Waals surface area contributed by atoms with Gasteiger partial charge in [0.15, 0.2) is 30.0 Å². The first-order chi connectivity index (χ1) is 15.1. The SMILES string of the molecule is COc1ccc(CONc2ncnc3c2n(CC=C(C)C)c[n+]3CCC#N)cc1OC. The molecule has 3 rings (SSSR count). The van der Waals surface area contributed by atoms with Crippen LogP contribution < -0.4 is 19.5 Å². The van der Waals surface area contributed by atoms with Crippen molar-refractivity contribution in [3.8, 4) is 17.6 Å². The summed E-state index contributed by atoms with van der Waals surface area (Å²) in [6, 6.07) is 7.79. The lowest BCUT2D eigenvalue weighted by molar-refractivity contribution is -0.672. The second-order valence-electron chi connectivity index (χ2n) is 7.13. The van der Waals surface area contributed by atoms with Crippen molar-refractivity contribution in [3.05, 3.63) is 48.1 Å². The van der Waals surface area contributed by atoms with E-state index in [0.29, 0.717) is 43.4 Å². The minimum atomic E-state index is 0.301. The van der Waals surface area contributed by atoms with E-state index < -0.39 is 0 Å². The highest BCUT2D eigenvalue weighted by molar-refractivity contribution is 5.80. The number of imidazole rings is 1. The topological polar surface area (TPSA) is 98.1 Å². The van der Waals surface area contributed by atoms with Gasteiger partial charge in [-0.3, -0.25) is 9.40 Å². The molecule has 0 amide bonds. The molecule has 9 heteroatoms. The molecule has 0 fully saturated rings. The number of fused-ring (bicyclic) bond motifs is 1. The van der Waals surface area contributed by atoms with Crippen molar-refractivity contribution in [2.45, 2.75) is 40.0 Å². The number of rotatable bonds is 10. The standard InChI is InChI=1S/C22H27N6O3/c1-16(2)8-11-27-15-28(10-5-9-23)22-20(27)21(24-14-25-22)26-31-13-17-6-7-18(29-3)19(12-17)30-4/h6-8,12,14-15H,5,10-11,13H2,1-4H3,(H,24,25,26)/q+1. The molecule has 1 N–H and O–H groups in total. The summed E-state index contributed by atoms with van der Waals surface area (Å²) in [5.41, 5.74) is 6.63. The summed E-state index contributed by atoms with van der Waals surface area (Å²) in [5.74, 6) is 1.86. The van der Waals surface area contributed by atoms with Gasteiger partial charge in [0.05, 0.1) is 46.4 Å². The Bertz CT molecular complexity index is 1110.